The molecule has 0 radical (unpaired) electrons. The van der Waals surface area contributed by atoms with Crippen molar-refractivity contribution in [2.75, 3.05) is 26.2 Å². The van der Waals surface area contributed by atoms with E-state index in [9.17, 15) is 18.0 Å². The number of nitrogens with one attached hydrogen (secondary N) is 1. The van der Waals surface area contributed by atoms with Gasteiger partial charge < -0.3 is 10.2 Å². The number of nitrogens with zero attached hydrogens (tertiary/aromatic N) is 1. The van der Waals surface area contributed by atoms with E-state index in [1.54, 1.807) is 4.90 Å². The van der Waals surface area contributed by atoms with Crippen LogP contribution in [0.25, 0.3) is 0 Å². The van der Waals surface area contributed by atoms with Gasteiger partial charge in [-0.05, 0) is 31.8 Å². The monoisotopic (exact) mass is 264 g/mol. The standard InChI is InChI=1S/C12H19F3N2O/c1-8(9-6-16-7-9)11(18)17-4-2-10(3-5-17)12(13,14)15/h8-10,16H,2-7H2,1H3. The van der Waals surface area contributed by atoms with Gasteiger partial charge in [0.15, 0.2) is 0 Å². The molecule has 104 valence electrons. The summed E-state index contributed by atoms with van der Waals surface area (Å²) >= 11 is 0. The number of halogens is 3. The molecule has 1 N–H and O–H groups in total. The lowest BCUT2D eigenvalue weighted by molar-refractivity contribution is -0.187. The molecule has 18 heavy (non-hydrogen) atoms. The van der Waals surface area contributed by atoms with Crippen LogP contribution in [0, 0.1) is 17.8 Å². The van der Waals surface area contributed by atoms with Crippen LogP contribution in [0.4, 0.5) is 13.2 Å². The summed E-state index contributed by atoms with van der Waals surface area (Å²) in [5.41, 5.74) is 0. The van der Waals surface area contributed by atoms with Crippen LogP contribution in [0.15, 0.2) is 0 Å². The molecule has 0 saturated carbocycles. The van der Waals surface area contributed by atoms with Crippen LogP contribution in [-0.2, 0) is 4.79 Å². The van der Waals surface area contributed by atoms with E-state index in [2.05, 4.69) is 5.32 Å². The van der Waals surface area contributed by atoms with E-state index < -0.39 is 12.1 Å². The molecule has 1 unspecified atom stereocenters. The maximum Gasteiger partial charge on any atom is 0.391 e. The predicted octanol–water partition coefficient (Wildman–Crippen LogP) is 1.64. The quantitative estimate of drug-likeness (QED) is 0.822. The van der Waals surface area contributed by atoms with Gasteiger partial charge in [-0.2, -0.15) is 13.2 Å². The van der Waals surface area contributed by atoms with Crippen LogP contribution in [-0.4, -0.2) is 43.2 Å². The average Bonchev–Trinajstić information content (AvgIpc) is 2.24. The van der Waals surface area contributed by atoms with E-state index in [1.807, 2.05) is 6.92 Å². The van der Waals surface area contributed by atoms with Gasteiger partial charge in [0.05, 0.1) is 5.92 Å². The summed E-state index contributed by atoms with van der Waals surface area (Å²) in [6.07, 6.45) is -4.02. The van der Waals surface area contributed by atoms with Gasteiger partial charge in [0.25, 0.3) is 0 Å². The van der Waals surface area contributed by atoms with Crippen LogP contribution in [0.1, 0.15) is 19.8 Å². The number of rotatable bonds is 2. The second-order valence-corrected chi connectivity index (χ2v) is 5.35. The average molecular weight is 264 g/mol. The molecule has 1 amide bonds. The number of carbonyl (C=O) groups is 1. The highest BCUT2D eigenvalue weighted by molar-refractivity contribution is 5.79. The van der Waals surface area contributed by atoms with Crippen molar-refractivity contribution in [3.05, 3.63) is 0 Å². The minimum atomic E-state index is -4.11. The van der Waals surface area contributed by atoms with Gasteiger partial charge in [0, 0.05) is 19.0 Å². The highest BCUT2D eigenvalue weighted by Crippen LogP contribution is 2.34. The molecule has 2 aliphatic heterocycles. The van der Waals surface area contributed by atoms with Crippen LogP contribution in [0.3, 0.4) is 0 Å². The fourth-order valence-electron chi connectivity index (χ4n) is 2.58. The predicted molar refractivity (Wildman–Crippen MR) is 60.9 cm³/mol. The zero-order valence-electron chi connectivity index (χ0n) is 10.5. The minimum absolute atomic E-state index is 0.0159. The van der Waals surface area contributed by atoms with Gasteiger partial charge in [-0.25, -0.2) is 0 Å². The van der Waals surface area contributed by atoms with Gasteiger partial charge in [-0.15, -0.1) is 0 Å². The fraction of sp³-hybridized carbons (Fsp3) is 0.917. The van der Waals surface area contributed by atoms with Crippen molar-refractivity contribution in [2.45, 2.75) is 25.9 Å². The smallest absolute Gasteiger partial charge is 0.342 e. The van der Waals surface area contributed by atoms with Crippen molar-refractivity contribution < 1.29 is 18.0 Å². The van der Waals surface area contributed by atoms with Crippen LogP contribution < -0.4 is 5.32 Å². The Kier molecular flexibility index (Phi) is 3.84. The number of hydrogen-bond donors (Lipinski definition) is 1. The Balaban J connectivity index is 1.83. The van der Waals surface area contributed by atoms with Crippen molar-refractivity contribution in [3.8, 4) is 0 Å². The Morgan fingerprint density at radius 1 is 1.28 bits per heavy atom. The summed E-state index contributed by atoms with van der Waals surface area (Å²) in [6.45, 7) is 4.04. The van der Waals surface area contributed by atoms with Gasteiger partial charge >= 0.3 is 6.18 Å². The van der Waals surface area contributed by atoms with Gasteiger partial charge in [-0.1, -0.05) is 6.92 Å². The van der Waals surface area contributed by atoms with E-state index >= 15 is 0 Å². The number of hydrogen-bond acceptors (Lipinski definition) is 2. The Hall–Kier alpha value is -0.780. The Labute approximate surface area is 105 Å². The van der Waals surface area contributed by atoms with Crippen molar-refractivity contribution in [1.29, 1.82) is 0 Å². The van der Waals surface area contributed by atoms with Crippen LogP contribution in [0.2, 0.25) is 0 Å². The van der Waals surface area contributed by atoms with E-state index in [1.165, 1.54) is 0 Å². The molecule has 2 aliphatic rings. The van der Waals surface area contributed by atoms with Gasteiger partial charge in [0.2, 0.25) is 5.91 Å². The molecule has 0 aromatic rings. The van der Waals surface area contributed by atoms with Crippen LogP contribution >= 0.6 is 0 Å². The molecule has 3 nitrogen and oxygen atoms in total. The third kappa shape index (κ3) is 2.79. The lowest BCUT2D eigenvalue weighted by atomic mass is 9.87. The van der Waals surface area contributed by atoms with Crippen molar-refractivity contribution in [1.82, 2.24) is 10.2 Å². The van der Waals surface area contributed by atoms with E-state index in [4.69, 9.17) is 0 Å². The van der Waals surface area contributed by atoms with E-state index in [0.717, 1.165) is 13.1 Å². The number of alkyl halides is 3. The molecule has 0 spiro atoms. The minimum Gasteiger partial charge on any atom is -0.342 e. The molecule has 0 aromatic carbocycles. The van der Waals surface area contributed by atoms with Crippen molar-refractivity contribution >= 4 is 5.91 Å². The largest absolute Gasteiger partial charge is 0.391 e. The Morgan fingerprint density at radius 2 is 1.83 bits per heavy atom. The summed E-state index contributed by atoms with van der Waals surface area (Å²) in [4.78, 5) is 13.7. The van der Waals surface area contributed by atoms with Crippen molar-refractivity contribution in [3.63, 3.8) is 0 Å². The molecule has 2 fully saturated rings. The maximum atomic E-state index is 12.5. The summed E-state index contributed by atoms with van der Waals surface area (Å²) in [5.74, 6) is -0.948. The second kappa shape index (κ2) is 5.07. The molecule has 2 saturated heterocycles. The Bertz CT molecular complexity index is 307. The Morgan fingerprint density at radius 3 is 2.22 bits per heavy atom. The molecule has 6 heteroatoms. The molecular formula is C12H19F3N2O. The zero-order chi connectivity index (χ0) is 13.3. The van der Waals surface area contributed by atoms with Crippen molar-refractivity contribution in [2.24, 2.45) is 17.8 Å². The number of piperidine rings is 1. The summed E-state index contributed by atoms with van der Waals surface area (Å²) in [5, 5.41) is 3.11. The first-order valence-corrected chi connectivity index (χ1v) is 6.46. The summed E-state index contributed by atoms with van der Waals surface area (Å²) < 4.78 is 37.5. The lowest BCUT2D eigenvalue weighted by Gasteiger charge is -2.38. The first-order chi connectivity index (χ1) is 8.39. The van der Waals surface area contributed by atoms with E-state index in [0.29, 0.717) is 5.92 Å². The zero-order valence-corrected chi connectivity index (χ0v) is 10.5. The fourth-order valence-corrected chi connectivity index (χ4v) is 2.58. The normalized spacial score (nSPS) is 24.8. The second-order valence-electron chi connectivity index (χ2n) is 5.35. The number of amides is 1. The molecule has 0 bridgehead atoms. The summed E-state index contributed by atoms with van der Waals surface area (Å²) in [7, 11) is 0. The SMILES string of the molecule is CC(C(=O)N1CCC(C(F)(F)F)CC1)C1CNC1. The highest BCUT2D eigenvalue weighted by atomic mass is 19.4. The topological polar surface area (TPSA) is 32.3 Å². The highest BCUT2D eigenvalue weighted by Gasteiger charge is 2.42. The molecule has 0 aromatic heterocycles. The first-order valence-electron chi connectivity index (χ1n) is 6.46. The van der Waals surface area contributed by atoms with Gasteiger partial charge in [-0.3, -0.25) is 4.79 Å². The third-order valence-corrected chi connectivity index (χ3v) is 4.18. The maximum absolute atomic E-state index is 12.5. The molecular weight excluding hydrogens is 245 g/mol. The molecule has 0 aliphatic carbocycles. The lowest BCUT2D eigenvalue weighted by Crippen LogP contribution is -2.52. The number of likely N-dealkylation sites (tertiary alicyclic amines) is 1. The molecule has 2 heterocycles. The van der Waals surface area contributed by atoms with Gasteiger partial charge in [0.1, 0.15) is 0 Å². The van der Waals surface area contributed by atoms with Crippen LogP contribution in [0.5, 0.6) is 0 Å². The molecule has 1 atom stereocenters. The third-order valence-electron chi connectivity index (χ3n) is 4.18. The molecule has 2 rings (SSSR count). The van der Waals surface area contributed by atoms with E-state index in [-0.39, 0.29) is 37.8 Å². The number of carbonyl (C=O) groups excluding carboxylic acids is 1. The summed E-state index contributed by atoms with van der Waals surface area (Å²) in [6, 6.07) is 0. The first kappa shape index (κ1) is 13.6.